The number of carbonyl (C=O) groups excluding carboxylic acids is 2. The summed E-state index contributed by atoms with van der Waals surface area (Å²) in [6, 6.07) is -1.10. The molecule has 0 saturated carbocycles. The molecule has 0 aromatic rings. The lowest BCUT2D eigenvalue weighted by Gasteiger charge is -2.21. The van der Waals surface area contributed by atoms with Crippen molar-refractivity contribution in [2.75, 3.05) is 14.1 Å². The molecule has 0 spiro atoms. The van der Waals surface area contributed by atoms with Crippen LogP contribution in [0.15, 0.2) is 0 Å². The third kappa shape index (κ3) is 4.29. The highest BCUT2D eigenvalue weighted by atomic mass is 16.2. The average molecular weight is 215 g/mol. The molecule has 3 N–H and O–H groups in total. The first-order valence-corrected chi connectivity index (χ1v) is 5.04. The Hall–Kier alpha value is -1.10. The maximum atomic E-state index is 11.5. The van der Waals surface area contributed by atoms with E-state index in [1.165, 1.54) is 4.90 Å². The summed E-state index contributed by atoms with van der Waals surface area (Å²) >= 11 is 0. The lowest BCUT2D eigenvalue weighted by atomic mass is 10.0. The highest BCUT2D eigenvalue weighted by Crippen LogP contribution is 1.99. The Bertz CT molecular complexity index is 239. The first-order valence-electron chi connectivity index (χ1n) is 5.04. The van der Waals surface area contributed by atoms with E-state index in [1.807, 2.05) is 13.8 Å². The van der Waals surface area contributed by atoms with Gasteiger partial charge in [0.25, 0.3) is 0 Å². The first kappa shape index (κ1) is 13.9. The summed E-state index contributed by atoms with van der Waals surface area (Å²) in [5.41, 5.74) is 5.65. The molecular weight excluding hydrogens is 194 g/mol. The van der Waals surface area contributed by atoms with Crippen molar-refractivity contribution in [3.8, 4) is 0 Å². The van der Waals surface area contributed by atoms with Crippen LogP contribution in [-0.2, 0) is 9.59 Å². The largest absolute Gasteiger partial charge is 0.347 e. The van der Waals surface area contributed by atoms with E-state index in [2.05, 4.69) is 5.32 Å². The second-order valence-electron chi connectivity index (χ2n) is 4.23. The van der Waals surface area contributed by atoms with Gasteiger partial charge in [0.05, 0.1) is 6.04 Å². The van der Waals surface area contributed by atoms with Gasteiger partial charge in [-0.05, 0) is 12.8 Å². The van der Waals surface area contributed by atoms with Gasteiger partial charge < -0.3 is 16.0 Å². The molecule has 0 rings (SSSR count). The predicted octanol–water partition coefficient (Wildman–Crippen LogP) is -0.437. The molecule has 0 aromatic heterocycles. The van der Waals surface area contributed by atoms with E-state index in [9.17, 15) is 9.59 Å². The van der Waals surface area contributed by atoms with Crippen molar-refractivity contribution < 1.29 is 9.59 Å². The molecule has 0 saturated heterocycles. The first-order chi connectivity index (χ1) is 6.77. The van der Waals surface area contributed by atoms with Crippen LogP contribution in [0, 0.1) is 5.92 Å². The summed E-state index contributed by atoms with van der Waals surface area (Å²) < 4.78 is 0. The molecular formula is C10H21N3O2. The highest BCUT2D eigenvalue weighted by Gasteiger charge is 2.22. The van der Waals surface area contributed by atoms with Crippen LogP contribution in [0.2, 0.25) is 0 Å². The molecule has 88 valence electrons. The van der Waals surface area contributed by atoms with E-state index in [1.54, 1.807) is 21.0 Å². The van der Waals surface area contributed by atoms with Gasteiger partial charge in [-0.1, -0.05) is 13.8 Å². The second-order valence-corrected chi connectivity index (χ2v) is 4.23. The minimum atomic E-state index is -0.567. The fourth-order valence-corrected chi connectivity index (χ4v) is 1.06. The lowest BCUT2D eigenvalue weighted by Crippen LogP contribution is -2.51. The lowest BCUT2D eigenvalue weighted by molar-refractivity contribution is -0.134. The van der Waals surface area contributed by atoms with Gasteiger partial charge in [-0.15, -0.1) is 0 Å². The molecule has 15 heavy (non-hydrogen) atoms. The minimum Gasteiger partial charge on any atom is -0.347 e. The van der Waals surface area contributed by atoms with Gasteiger partial charge in [-0.3, -0.25) is 9.59 Å². The van der Waals surface area contributed by atoms with Crippen molar-refractivity contribution in [2.24, 2.45) is 11.7 Å². The van der Waals surface area contributed by atoms with Gasteiger partial charge in [0, 0.05) is 14.1 Å². The summed E-state index contributed by atoms with van der Waals surface area (Å²) in [4.78, 5) is 24.4. The van der Waals surface area contributed by atoms with Gasteiger partial charge >= 0.3 is 0 Å². The molecule has 0 heterocycles. The Morgan fingerprint density at radius 2 is 1.67 bits per heavy atom. The Kier molecular flexibility index (Phi) is 5.28. The van der Waals surface area contributed by atoms with Crippen LogP contribution < -0.4 is 11.1 Å². The smallest absolute Gasteiger partial charge is 0.244 e. The molecule has 2 amide bonds. The molecule has 0 bridgehead atoms. The van der Waals surface area contributed by atoms with Gasteiger partial charge in [0.15, 0.2) is 0 Å². The SMILES string of the molecule is CC(NC(=O)[C@@H](N)C(C)C)C(=O)N(C)C. The van der Waals surface area contributed by atoms with Crippen LogP contribution in [0.4, 0.5) is 0 Å². The number of rotatable bonds is 4. The Balaban J connectivity index is 4.24. The maximum absolute atomic E-state index is 11.5. The van der Waals surface area contributed by atoms with E-state index in [4.69, 9.17) is 5.73 Å². The van der Waals surface area contributed by atoms with Crippen molar-refractivity contribution >= 4 is 11.8 Å². The maximum Gasteiger partial charge on any atom is 0.244 e. The van der Waals surface area contributed by atoms with Crippen LogP contribution in [0.25, 0.3) is 0 Å². The summed E-state index contributed by atoms with van der Waals surface area (Å²) in [6.07, 6.45) is 0. The number of carbonyl (C=O) groups is 2. The molecule has 0 aromatic carbocycles. The third-order valence-corrected chi connectivity index (χ3v) is 2.19. The number of nitrogens with one attached hydrogen (secondary N) is 1. The van der Waals surface area contributed by atoms with E-state index < -0.39 is 12.1 Å². The van der Waals surface area contributed by atoms with Gasteiger partial charge in [0.2, 0.25) is 11.8 Å². The van der Waals surface area contributed by atoms with E-state index in [0.717, 1.165) is 0 Å². The molecule has 1 unspecified atom stereocenters. The van der Waals surface area contributed by atoms with Crippen molar-refractivity contribution in [3.05, 3.63) is 0 Å². The molecule has 0 aliphatic carbocycles. The summed E-state index contributed by atoms with van der Waals surface area (Å²) in [5, 5.41) is 2.59. The van der Waals surface area contributed by atoms with Gasteiger partial charge in [-0.25, -0.2) is 0 Å². The Morgan fingerprint density at radius 3 is 2.00 bits per heavy atom. The van der Waals surface area contributed by atoms with E-state index in [-0.39, 0.29) is 17.7 Å². The van der Waals surface area contributed by atoms with Crippen molar-refractivity contribution in [1.29, 1.82) is 0 Å². The summed E-state index contributed by atoms with van der Waals surface area (Å²) in [7, 11) is 3.29. The number of amides is 2. The van der Waals surface area contributed by atoms with Crippen molar-refractivity contribution in [2.45, 2.75) is 32.9 Å². The zero-order valence-corrected chi connectivity index (χ0v) is 10.1. The zero-order chi connectivity index (χ0) is 12.2. The Morgan fingerprint density at radius 1 is 1.20 bits per heavy atom. The minimum absolute atomic E-state index is 0.0617. The van der Waals surface area contributed by atoms with Crippen LogP contribution in [0.1, 0.15) is 20.8 Å². The second kappa shape index (κ2) is 5.70. The number of nitrogens with two attached hydrogens (primary N) is 1. The standard InChI is InChI=1S/C10H21N3O2/c1-6(2)8(11)9(14)12-7(3)10(15)13(4)5/h6-8H,11H2,1-5H3,(H,12,14)/t7?,8-/m0/s1. The van der Waals surface area contributed by atoms with Crippen molar-refractivity contribution in [3.63, 3.8) is 0 Å². The molecule has 0 aliphatic rings. The summed E-state index contributed by atoms with van der Waals surface area (Å²) in [5.74, 6) is -0.362. The zero-order valence-electron chi connectivity index (χ0n) is 10.1. The van der Waals surface area contributed by atoms with Crippen molar-refractivity contribution in [1.82, 2.24) is 10.2 Å². The molecule has 0 fully saturated rings. The number of hydrogen-bond donors (Lipinski definition) is 2. The number of nitrogens with zero attached hydrogens (tertiary/aromatic N) is 1. The fraction of sp³-hybridized carbons (Fsp3) is 0.800. The summed E-state index contributed by atoms with van der Waals surface area (Å²) in [6.45, 7) is 5.37. The molecule has 0 aliphatic heterocycles. The normalized spacial score (nSPS) is 14.6. The molecule has 5 nitrogen and oxygen atoms in total. The molecule has 2 atom stereocenters. The van der Waals surface area contributed by atoms with Crippen LogP contribution in [0.5, 0.6) is 0 Å². The van der Waals surface area contributed by atoms with Gasteiger partial charge in [0.1, 0.15) is 6.04 Å². The van der Waals surface area contributed by atoms with E-state index >= 15 is 0 Å². The molecule has 0 radical (unpaired) electrons. The van der Waals surface area contributed by atoms with Crippen LogP contribution >= 0.6 is 0 Å². The van der Waals surface area contributed by atoms with Crippen LogP contribution in [0.3, 0.4) is 0 Å². The Labute approximate surface area is 91.0 Å². The molecule has 5 heteroatoms. The third-order valence-electron chi connectivity index (χ3n) is 2.19. The monoisotopic (exact) mass is 215 g/mol. The number of hydrogen-bond acceptors (Lipinski definition) is 3. The predicted molar refractivity (Wildman–Crippen MR) is 59.1 cm³/mol. The highest BCUT2D eigenvalue weighted by molar-refractivity contribution is 5.89. The topological polar surface area (TPSA) is 75.4 Å². The number of likely N-dealkylation sites (N-methyl/N-ethyl adjacent to an activating group) is 1. The fourth-order valence-electron chi connectivity index (χ4n) is 1.06. The van der Waals surface area contributed by atoms with E-state index in [0.29, 0.717) is 0 Å². The van der Waals surface area contributed by atoms with Gasteiger partial charge in [-0.2, -0.15) is 0 Å². The quantitative estimate of drug-likeness (QED) is 0.667. The average Bonchev–Trinajstić information content (AvgIpc) is 2.14. The van der Waals surface area contributed by atoms with Crippen LogP contribution in [-0.4, -0.2) is 42.9 Å².